The monoisotopic (exact) mass is 450 g/mol. The van der Waals surface area contributed by atoms with Crippen LogP contribution in [-0.4, -0.2) is 8.42 Å². The molecule has 3 atom stereocenters. The van der Waals surface area contributed by atoms with Crippen molar-refractivity contribution in [3.63, 3.8) is 0 Å². The zero-order valence-corrected chi connectivity index (χ0v) is 18.6. The molecule has 0 saturated heterocycles. The standard InChI is InChI=1S/C25H23ClN2O2S/c1-16-10-11-18(14-23(16)26)28-31(29,30)19-12-13-24-22(15-19)20-8-5-9-21(20)25(27-24)17-6-3-2-4-7-17/h2-8,10-15,20-21,25,27-28H,9H2,1H3/t20?,21?,25-/m1/s1. The molecule has 3 aromatic rings. The Kier molecular flexibility index (Phi) is 5.03. The normalized spacial score (nSPS) is 21.8. The lowest BCUT2D eigenvalue weighted by Crippen LogP contribution is -2.29. The molecule has 0 amide bonds. The molecule has 2 N–H and O–H groups in total. The summed E-state index contributed by atoms with van der Waals surface area (Å²) in [4.78, 5) is 0.252. The van der Waals surface area contributed by atoms with Crippen LogP contribution in [0.1, 0.15) is 35.1 Å². The molecule has 0 saturated carbocycles. The van der Waals surface area contributed by atoms with E-state index in [9.17, 15) is 8.42 Å². The molecule has 2 aliphatic rings. The minimum Gasteiger partial charge on any atom is -0.378 e. The highest BCUT2D eigenvalue weighted by atomic mass is 35.5. The Labute approximate surface area is 188 Å². The van der Waals surface area contributed by atoms with Gasteiger partial charge in [-0.2, -0.15) is 0 Å². The van der Waals surface area contributed by atoms with E-state index < -0.39 is 10.0 Å². The maximum absolute atomic E-state index is 13.1. The highest BCUT2D eigenvalue weighted by Gasteiger charge is 2.38. The number of fused-ring (bicyclic) bond motifs is 3. The molecule has 0 spiro atoms. The first-order valence-corrected chi connectivity index (χ1v) is 12.2. The van der Waals surface area contributed by atoms with Gasteiger partial charge >= 0.3 is 0 Å². The van der Waals surface area contributed by atoms with Gasteiger partial charge in [0.15, 0.2) is 0 Å². The van der Waals surface area contributed by atoms with Gasteiger partial charge in [-0.3, -0.25) is 4.72 Å². The average molecular weight is 451 g/mol. The molecule has 0 radical (unpaired) electrons. The lowest BCUT2D eigenvalue weighted by molar-refractivity contribution is 0.425. The minimum absolute atomic E-state index is 0.186. The van der Waals surface area contributed by atoms with Crippen molar-refractivity contribution in [2.45, 2.75) is 30.2 Å². The molecule has 158 valence electrons. The first kappa shape index (κ1) is 20.2. The summed E-state index contributed by atoms with van der Waals surface area (Å²) in [6.45, 7) is 1.88. The van der Waals surface area contributed by atoms with Gasteiger partial charge in [0.1, 0.15) is 0 Å². The van der Waals surface area contributed by atoms with Gasteiger partial charge in [0, 0.05) is 16.6 Å². The van der Waals surface area contributed by atoms with Crippen LogP contribution in [0.3, 0.4) is 0 Å². The highest BCUT2D eigenvalue weighted by Crippen LogP contribution is 2.50. The Morgan fingerprint density at radius 2 is 1.84 bits per heavy atom. The van der Waals surface area contributed by atoms with Gasteiger partial charge in [0.2, 0.25) is 0 Å². The molecule has 6 heteroatoms. The fourth-order valence-electron chi connectivity index (χ4n) is 4.60. The van der Waals surface area contributed by atoms with Crippen LogP contribution in [0.15, 0.2) is 83.8 Å². The second-order valence-corrected chi connectivity index (χ2v) is 10.3. The Balaban J connectivity index is 1.48. The van der Waals surface area contributed by atoms with Gasteiger partial charge in [-0.1, -0.05) is 60.2 Å². The SMILES string of the molecule is Cc1ccc(NS(=O)(=O)c2ccc3c(c2)C2C=CCC2[C@@H](c2ccccc2)N3)cc1Cl. The van der Waals surface area contributed by atoms with Crippen molar-refractivity contribution in [1.29, 1.82) is 0 Å². The summed E-state index contributed by atoms with van der Waals surface area (Å²) in [6.07, 6.45) is 5.38. The minimum atomic E-state index is -3.73. The zero-order chi connectivity index (χ0) is 21.6. The molecule has 2 unspecified atom stereocenters. The first-order valence-electron chi connectivity index (χ1n) is 10.3. The van der Waals surface area contributed by atoms with E-state index in [1.165, 1.54) is 5.56 Å². The highest BCUT2D eigenvalue weighted by molar-refractivity contribution is 7.92. The molecule has 0 fully saturated rings. The maximum Gasteiger partial charge on any atom is 0.261 e. The van der Waals surface area contributed by atoms with Gasteiger partial charge < -0.3 is 5.32 Å². The molecular weight excluding hydrogens is 428 g/mol. The molecule has 5 rings (SSSR count). The van der Waals surface area contributed by atoms with Gasteiger partial charge in [-0.15, -0.1) is 0 Å². The van der Waals surface area contributed by atoms with Gasteiger partial charge in [-0.05, 0) is 66.3 Å². The summed E-state index contributed by atoms with van der Waals surface area (Å²) < 4.78 is 28.8. The van der Waals surface area contributed by atoms with E-state index in [-0.39, 0.29) is 16.9 Å². The molecule has 1 aliphatic heterocycles. The number of anilines is 2. The number of nitrogens with one attached hydrogen (secondary N) is 2. The third kappa shape index (κ3) is 3.73. The van der Waals surface area contributed by atoms with Crippen LogP contribution in [0, 0.1) is 12.8 Å². The quantitative estimate of drug-likeness (QED) is 0.460. The summed E-state index contributed by atoms with van der Waals surface area (Å²) in [5.41, 5.74) is 4.61. The molecular formula is C25H23ClN2O2S. The van der Waals surface area contributed by atoms with Gasteiger partial charge in [0.25, 0.3) is 10.0 Å². The molecule has 31 heavy (non-hydrogen) atoms. The Morgan fingerprint density at radius 1 is 1.03 bits per heavy atom. The number of hydrogen-bond donors (Lipinski definition) is 2. The molecule has 3 aromatic carbocycles. The maximum atomic E-state index is 13.1. The van der Waals surface area contributed by atoms with Crippen LogP contribution in [-0.2, 0) is 10.0 Å². The number of rotatable bonds is 4. The smallest absolute Gasteiger partial charge is 0.261 e. The zero-order valence-electron chi connectivity index (χ0n) is 17.0. The summed E-state index contributed by atoms with van der Waals surface area (Å²) in [7, 11) is -3.73. The lowest BCUT2D eigenvalue weighted by Gasteiger charge is -2.37. The van der Waals surface area contributed by atoms with Crippen molar-refractivity contribution in [2.24, 2.45) is 5.92 Å². The van der Waals surface area contributed by atoms with E-state index >= 15 is 0 Å². The van der Waals surface area contributed by atoms with E-state index in [4.69, 9.17) is 11.6 Å². The predicted octanol–water partition coefficient (Wildman–Crippen LogP) is 6.28. The summed E-state index contributed by atoms with van der Waals surface area (Å²) in [5.74, 6) is 0.544. The van der Waals surface area contributed by atoms with Crippen molar-refractivity contribution in [3.05, 3.63) is 101 Å². The summed E-state index contributed by atoms with van der Waals surface area (Å²) in [5, 5.41) is 4.18. The predicted molar refractivity (Wildman–Crippen MR) is 126 cm³/mol. The van der Waals surface area contributed by atoms with E-state index in [0.717, 1.165) is 23.2 Å². The van der Waals surface area contributed by atoms with Gasteiger partial charge in [-0.25, -0.2) is 8.42 Å². The fraction of sp³-hybridized carbons (Fsp3) is 0.200. The second-order valence-electron chi connectivity index (χ2n) is 8.20. The Hall–Kier alpha value is -2.76. The Morgan fingerprint density at radius 3 is 2.61 bits per heavy atom. The topological polar surface area (TPSA) is 58.2 Å². The van der Waals surface area contributed by atoms with Crippen molar-refractivity contribution in [1.82, 2.24) is 0 Å². The number of hydrogen-bond acceptors (Lipinski definition) is 3. The van der Waals surface area contributed by atoms with Crippen LogP contribution in [0.5, 0.6) is 0 Å². The summed E-state index contributed by atoms with van der Waals surface area (Å²) in [6, 6.07) is 21.1. The van der Waals surface area contributed by atoms with Crippen molar-refractivity contribution >= 4 is 33.0 Å². The first-order chi connectivity index (χ1) is 14.9. The van der Waals surface area contributed by atoms with E-state index in [0.29, 0.717) is 16.6 Å². The van der Waals surface area contributed by atoms with Crippen LogP contribution in [0.4, 0.5) is 11.4 Å². The lowest BCUT2D eigenvalue weighted by atomic mass is 9.77. The third-order valence-electron chi connectivity index (χ3n) is 6.23. The molecule has 0 aromatic heterocycles. The van der Waals surface area contributed by atoms with Crippen LogP contribution >= 0.6 is 11.6 Å². The van der Waals surface area contributed by atoms with E-state index in [1.807, 2.05) is 19.1 Å². The third-order valence-corrected chi connectivity index (χ3v) is 8.01. The number of halogens is 1. The van der Waals surface area contributed by atoms with E-state index in [2.05, 4.69) is 46.5 Å². The second kappa shape index (κ2) is 7.74. The summed E-state index contributed by atoms with van der Waals surface area (Å²) >= 11 is 6.16. The molecule has 4 nitrogen and oxygen atoms in total. The number of benzene rings is 3. The van der Waals surface area contributed by atoms with Crippen LogP contribution < -0.4 is 10.0 Å². The average Bonchev–Trinajstić information content (AvgIpc) is 3.26. The van der Waals surface area contributed by atoms with Crippen molar-refractivity contribution in [2.75, 3.05) is 10.0 Å². The van der Waals surface area contributed by atoms with Crippen molar-refractivity contribution < 1.29 is 8.42 Å². The number of aryl methyl sites for hydroxylation is 1. The van der Waals surface area contributed by atoms with Crippen LogP contribution in [0.2, 0.25) is 5.02 Å². The largest absolute Gasteiger partial charge is 0.378 e. The fourth-order valence-corrected chi connectivity index (χ4v) is 5.87. The van der Waals surface area contributed by atoms with Gasteiger partial charge in [0.05, 0.1) is 16.6 Å². The molecule has 0 bridgehead atoms. The van der Waals surface area contributed by atoms with Crippen LogP contribution in [0.25, 0.3) is 0 Å². The van der Waals surface area contributed by atoms with Crippen molar-refractivity contribution in [3.8, 4) is 0 Å². The molecule has 1 aliphatic carbocycles. The van der Waals surface area contributed by atoms with E-state index in [1.54, 1.807) is 30.3 Å². The number of sulfonamides is 1. The molecule has 1 heterocycles. The Bertz CT molecular complexity index is 1270. The number of allylic oxidation sites excluding steroid dienone is 2.